The molecule has 0 heterocycles. The van der Waals surface area contributed by atoms with Gasteiger partial charge < -0.3 is 4.90 Å². The third-order valence-corrected chi connectivity index (χ3v) is 19.3. The minimum atomic E-state index is 0.0965. The van der Waals surface area contributed by atoms with Gasteiger partial charge in [-0.05, 0) is 199 Å². The quantitative estimate of drug-likeness (QED) is 0.172. The molecule has 1 heteroatoms. The molecule has 0 N–H and O–H groups in total. The maximum Gasteiger partial charge on any atom is 0.0543 e. The van der Waals surface area contributed by atoms with Crippen molar-refractivity contribution in [1.29, 1.82) is 0 Å². The summed E-state index contributed by atoms with van der Waals surface area (Å²) >= 11 is 0. The molecule has 13 rings (SSSR count). The van der Waals surface area contributed by atoms with Crippen LogP contribution >= 0.6 is 0 Å². The first kappa shape index (κ1) is 37.0. The van der Waals surface area contributed by atoms with Crippen LogP contribution in [0.2, 0.25) is 0 Å². The topological polar surface area (TPSA) is 3.24 Å². The van der Waals surface area contributed by atoms with Gasteiger partial charge in [0.05, 0.1) is 5.69 Å². The van der Waals surface area contributed by atoms with Crippen LogP contribution in [0.5, 0.6) is 0 Å². The van der Waals surface area contributed by atoms with Crippen molar-refractivity contribution in [1.82, 2.24) is 0 Å². The highest BCUT2D eigenvalue weighted by atomic mass is 15.1. The molecule has 6 aromatic carbocycles. The largest absolute Gasteiger partial charge is 0.310 e. The van der Waals surface area contributed by atoms with E-state index in [0.717, 1.165) is 23.7 Å². The average Bonchev–Trinajstić information content (AvgIpc) is 3.88. The van der Waals surface area contributed by atoms with Gasteiger partial charge in [0.15, 0.2) is 0 Å². The van der Waals surface area contributed by atoms with Crippen LogP contribution in [-0.2, 0) is 27.1 Å². The zero-order chi connectivity index (χ0) is 41.6. The molecular formula is C60H63N. The highest BCUT2D eigenvalue weighted by Crippen LogP contribution is 2.89. The van der Waals surface area contributed by atoms with E-state index in [1.165, 1.54) is 124 Å². The van der Waals surface area contributed by atoms with Gasteiger partial charge >= 0.3 is 0 Å². The van der Waals surface area contributed by atoms with E-state index in [4.69, 9.17) is 0 Å². The Balaban J connectivity index is 1.13. The van der Waals surface area contributed by atoms with E-state index in [2.05, 4.69) is 176 Å². The maximum atomic E-state index is 2.78. The molecule has 7 aliphatic rings. The third kappa shape index (κ3) is 4.54. The number of anilines is 3. The summed E-state index contributed by atoms with van der Waals surface area (Å²) in [6.45, 7) is 19.8. The molecular weight excluding hydrogens is 735 g/mol. The highest BCUT2D eigenvalue weighted by Gasteiger charge is 2.84. The first-order chi connectivity index (χ1) is 29.1. The monoisotopic (exact) mass is 797 g/mol. The molecule has 0 aromatic heterocycles. The summed E-state index contributed by atoms with van der Waals surface area (Å²) in [5.41, 5.74) is 20.1. The summed E-state index contributed by atoms with van der Waals surface area (Å²) in [4.78, 5) is 2.74. The van der Waals surface area contributed by atoms with Crippen molar-refractivity contribution < 1.29 is 0 Å². The predicted molar refractivity (Wildman–Crippen MR) is 256 cm³/mol. The van der Waals surface area contributed by atoms with Crippen LogP contribution in [0.4, 0.5) is 17.1 Å². The van der Waals surface area contributed by atoms with Crippen molar-refractivity contribution in [3.05, 3.63) is 149 Å². The lowest BCUT2D eigenvalue weighted by atomic mass is 9.27. The van der Waals surface area contributed by atoms with Gasteiger partial charge in [-0.25, -0.2) is 0 Å². The van der Waals surface area contributed by atoms with Crippen molar-refractivity contribution in [3.63, 3.8) is 0 Å². The molecule has 308 valence electrons. The van der Waals surface area contributed by atoms with Crippen LogP contribution < -0.4 is 4.90 Å². The van der Waals surface area contributed by atoms with Crippen LogP contribution in [0.3, 0.4) is 0 Å². The number of rotatable bonds is 4. The van der Waals surface area contributed by atoms with Crippen LogP contribution in [-0.4, -0.2) is 0 Å². The minimum absolute atomic E-state index is 0.0965. The zero-order valence-corrected chi connectivity index (χ0v) is 37.9. The van der Waals surface area contributed by atoms with E-state index in [1.807, 2.05) is 0 Å². The molecule has 4 saturated carbocycles. The Bertz CT molecular complexity index is 2800. The van der Waals surface area contributed by atoms with Crippen LogP contribution in [0.1, 0.15) is 140 Å². The second-order valence-electron chi connectivity index (χ2n) is 23.9. The van der Waals surface area contributed by atoms with Crippen LogP contribution in [0.25, 0.3) is 33.0 Å². The molecule has 61 heavy (non-hydrogen) atoms. The number of fused-ring (bicyclic) bond motifs is 11. The Kier molecular flexibility index (Phi) is 7.08. The predicted octanol–water partition coefficient (Wildman–Crippen LogP) is 16.0. The van der Waals surface area contributed by atoms with Gasteiger partial charge in [0.1, 0.15) is 0 Å². The van der Waals surface area contributed by atoms with Crippen molar-refractivity contribution in [3.8, 4) is 22.3 Å². The van der Waals surface area contributed by atoms with Gasteiger partial charge in [0.2, 0.25) is 0 Å². The molecule has 0 saturated heterocycles. The van der Waals surface area contributed by atoms with Crippen molar-refractivity contribution in [2.24, 2.45) is 29.1 Å². The van der Waals surface area contributed by atoms with Gasteiger partial charge in [-0.2, -0.15) is 0 Å². The van der Waals surface area contributed by atoms with Crippen LogP contribution in [0, 0.1) is 29.1 Å². The zero-order valence-electron chi connectivity index (χ0n) is 37.9. The summed E-state index contributed by atoms with van der Waals surface area (Å²) < 4.78 is 0. The van der Waals surface area contributed by atoms with Gasteiger partial charge in [0, 0.05) is 22.4 Å². The van der Waals surface area contributed by atoms with Crippen LogP contribution in [0.15, 0.2) is 115 Å². The number of hydrogen-bond acceptors (Lipinski definition) is 1. The first-order valence-corrected chi connectivity index (χ1v) is 24.0. The minimum Gasteiger partial charge on any atom is -0.310 e. The van der Waals surface area contributed by atoms with E-state index in [1.54, 1.807) is 11.1 Å². The van der Waals surface area contributed by atoms with E-state index in [-0.39, 0.29) is 27.1 Å². The lowest BCUT2D eigenvalue weighted by Crippen LogP contribution is -2.73. The van der Waals surface area contributed by atoms with Crippen molar-refractivity contribution >= 4 is 27.8 Å². The normalized spacial score (nSPS) is 30.4. The summed E-state index contributed by atoms with van der Waals surface area (Å²) in [5, 5.41) is 2.63. The summed E-state index contributed by atoms with van der Waals surface area (Å²) in [7, 11) is 0. The number of benzene rings is 6. The summed E-state index contributed by atoms with van der Waals surface area (Å²) in [6.07, 6.45) is 10.6. The Labute approximate surface area is 365 Å². The molecule has 4 fully saturated rings. The molecule has 0 amide bonds. The summed E-state index contributed by atoms with van der Waals surface area (Å²) in [6, 6.07) is 46.5. The standard InChI is InChI=1S/C60H63N/c1-55(2)24-26-57(5,6)50-31-39(20-22-47(50)55)61(40-21-23-48-51(32-40)58(7,8)27-25-56(48,3)4)52-34-49-44(33-45(52)42-18-13-15-37-14-9-10-16-41(37)42)43-17-11-12-19-46(43)60(49)53-29-36-28-38-30-54(60)59(38,53)35-36/h9-23,31-34,36,38,53-54H,24-30,35H2,1-8H3. The Morgan fingerprint density at radius 3 is 1.69 bits per heavy atom. The highest BCUT2D eigenvalue weighted by molar-refractivity contribution is 6.04. The summed E-state index contributed by atoms with van der Waals surface area (Å²) in [5.74, 6) is 3.40. The second kappa shape index (κ2) is 11.7. The molecule has 1 nitrogen and oxygen atoms in total. The first-order valence-electron chi connectivity index (χ1n) is 24.0. The molecule has 0 aliphatic heterocycles. The van der Waals surface area contributed by atoms with Gasteiger partial charge in [0.25, 0.3) is 0 Å². The molecule has 6 atom stereocenters. The second-order valence-corrected chi connectivity index (χ2v) is 23.9. The van der Waals surface area contributed by atoms with Crippen molar-refractivity contribution in [2.45, 2.75) is 134 Å². The number of nitrogens with zero attached hydrogens (tertiary/aromatic N) is 1. The Morgan fingerprint density at radius 2 is 1.02 bits per heavy atom. The Morgan fingerprint density at radius 1 is 0.443 bits per heavy atom. The van der Waals surface area contributed by atoms with E-state index >= 15 is 0 Å². The molecule has 2 spiro atoms. The molecule has 7 aliphatic carbocycles. The molecule has 2 bridgehead atoms. The fourth-order valence-corrected chi connectivity index (χ4v) is 16.1. The SMILES string of the molecule is CC1(C)CCC(C)(C)c2cc(N(c3ccc4c(c3)C(C)(C)CCC4(C)C)c3cc4c(cc3-c3cccc5ccccc35)-c3ccccc3C43C4CC5CC6CC3C64C5)ccc21. The third-order valence-electron chi connectivity index (χ3n) is 19.3. The van der Waals surface area contributed by atoms with E-state index < -0.39 is 0 Å². The average molecular weight is 798 g/mol. The Hall–Kier alpha value is -4.62. The molecule has 6 aromatic rings. The van der Waals surface area contributed by atoms with Crippen molar-refractivity contribution in [2.75, 3.05) is 4.90 Å². The lowest BCUT2D eigenvalue weighted by molar-refractivity contribution is -0.231. The molecule has 0 radical (unpaired) electrons. The number of hydrogen-bond donors (Lipinski definition) is 0. The van der Waals surface area contributed by atoms with Gasteiger partial charge in [-0.15, -0.1) is 0 Å². The van der Waals surface area contributed by atoms with Gasteiger partial charge in [-0.3, -0.25) is 0 Å². The fourth-order valence-electron chi connectivity index (χ4n) is 16.1. The smallest absolute Gasteiger partial charge is 0.0543 e. The van der Waals surface area contributed by atoms with E-state index in [9.17, 15) is 0 Å². The lowest BCUT2D eigenvalue weighted by Gasteiger charge is -2.76. The maximum absolute atomic E-state index is 2.78. The molecule has 6 unspecified atom stereocenters. The fraction of sp³-hybridized carbons (Fsp3) is 0.433. The van der Waals surface area contributed by atoms with Gasteiger partial charge in [-0.1, -0.05) is 134 Å². The van der Waals surface area contributed by atoms with E-state index in [0.29, 0.717) is 5.41 Å².